The van der Waals surface area contributed by atoms with E-state index in [1.165, 1.54) is 12.1 Å². The average molecular weight is 315 g/mol. The zero-order chi connectivity index (χ0) is 17.0. The van der Waals surface area contributed by atoms with Gasteiger partial charge in [-0.2, -0.15) is 5.10 Å². The van der Waals surface area contributed by atoms with E-state index in [0.29, 0.717) is 11.3 Å². The molecule has 0 saturated carbocycles. The van der Waals surface area contributed by atoms with Crippen LogP contribution in [0.25, 0.3) is 5.70 Å². The minimum Gasteiger partial charge on any atom is -0.298 e. The quantitative estimate of drug-likeness (QED) is 0.559. The molecule has 0 unspecified atom stereocenters. The lowest BCUT2D eigenvalue weighted by atomic mass is 10.1. The van der Waals surface area contributed by atoms with E-state index >= 15 is 0 Å². The van der Waals surface area contributed by atoms with E-state index in [9.17, 15) is 14.9 Å². The van der Waals surface area contributed by atoms with Gasteiger partial charge < -0.3 is 0 Å². The number of nitro benzene ring substituents is 1. The zero-order valence-electron chi connectivity index (χ0n) is 12.8. The molecular formula is C15H17N5O3. The number of nitrogens with zero attached hydrogens (tertiary/aromatic N) is 2. The highest BCUT2D eigenvalue weighted by Gasteiger charge is 2.12. The minimum atomic E-state index is -0.481. The van der Waals surface area contributed by atoms with Crippen LogP contribution in [-0.4, -0.2) is 21.0 Å². The van der Waals surface area contributed by atoms with Crippen molar-refractivity contribution >= 4 is 17.3 Å². The van der Waals surface area contributed by atoms with Crippen molar-refractivity contribution in [2.24, 2.45) is 0 Å². The Morgan fingerprint density at radius 3 is 2.48 bits per heavy atom. The summed E-state index contributed by atoms with van der Waals surface area (Å²) in [6, 6.07) is 7.51. The second kappa shape index (κ2) is 6.73. The average Bonchev–Trinajstić information content (AvgIpc) is 3.02. The number of carbonyl (C=O) groups excluding carboxylic acids is 1. The van der Waals surface area contributed by atoms with Gasteiger partial charge in [-0.25, -0.2) is 0 Å². The summed E-state index contributed by atoms with van der Waals surface area (Å²) in [4.78, 5) is 22.1. The van der Waals surface area contributed by atoms with Gasteiger partial charge in [0, 0.05) is 17.8 Å². The molecule has 0 atom stereocenters. The van der Waals surface area contributed by atoms with Gasteiger partial charge in [0.25, 0.3) is 11.6 Å². The fourth-order valence-corrected chi connectivity index (χ4v) is 1.80. The van der Waals surface area contributed by atoms with Crippen molar-refractivity contribution in [1.29, 1.82) is 0 Å². The molecule has 0 aliphatic carbocycles. The SMILES string of the molecule is C=C(NNC(=O)c1cc(C(C)C)[nH]n1)c1ccc([N+](=O)[O-])cc1. The first kappa shape index (κ1) is 16.2. The molecule has 0 saturated heterocycles. The van der Waals surface area contributed by atoms with Crippen molar-refractivity contribution in [3.05, 3.63) is 64.0 Å². The molecule has 2 rings (SSSR count). The number of hydrazine groups is 1. The number of nitro groups is 1. The van der Waals surface area contributed by atoms with Crippen molar-refractivity contribution in [2.75, 3.05) is 0 Å². The number of benzene rings is 1. The Balaban J connectivity index is 1.95. The number of H-pyrrole nitrogens is 1. The molecular weight excluding hydrogens is 298 g/mol. The second-order valence-electron chi connectivity index (χ2n) is 5.22. The first-order valence-electron chi connectivity index (χ1n) is 6.94. The fourth-order valence-electron chi connectivity index (χ4n) is 1.80. The van der Waals surface area contributed by atoms with Crippen LogP contribution in [0.3, 0.4) is 0 Å². The Hall–Kier alpha value is -3.16. The van der Waals surface area contributed by atoms with Crippen LogP contribution in [-0.2, 0) is 0 Å². The summed E-state index contributed by atoms with van der Waals surface area (Å²) in [5.74, 6) is -0.164. The van der Waals surface area contributed by atoms with Crippen LogP contribution in [0.4, 0.5) is 5.69 Å². The molecule has 1 heterocycles. The van der Waals surface area contributed by atoms with Gasteiger partial charge in [0.2, 0.25) is 0 Å². The fraction of sp³-hybridized carbons (Fsp3) is 0.200. The van der Waals surface area contributed by atoms with Gasteiger partial charge in [-0.15, -0.1) is 0 Å². The Morgan fingerprint density at radius 2 is 1.96 bits per heavy atom. The Kier molecular flexibility index (Phi) is 4.75. The molecule has 0 spiro atoms. The lowest BCUT2D eigenvalue weighted by molar-refractivity contribution is -0.384. The maximum Gasteiger partial charge on any atom is 0.290 e. The Labute approximate surface area is 132 Å². The summed E-state index contributed by atoms with van der Waals surface area (Å²) < 4.78 is 0. The summed E-state index contributed by atoms with van der Waals surface area (Å²) in [6.45, 7) is 7.75. The largest absolute Gasteiger partial charge is 0.298 e. The monoisotopic (exact) mass is 315 g/mol. The highest BCUT2D eigenvalue weighted by molar-refractivity contribution is 5.92. The number of rotatable bonds is 6. The molecule has 0 radical (unpaired) electrons. The molecule has 2 aromatic rings. The summed E-state index contributed by atoms with van der Waals surface area (Å²) >= 11 is 0. The van der Waals surface area contributed by atoms with Crippen LogP contribution in [0, 0.1) is 10.1 Å². The van der Waals surface area contributed by atoms with Crippen LogP contribution in [0.2, 0.25) is 0 Å². The normalized spacial score (nSPS) is 10.4. The topological polar surface area (TPSA) is 113 Å². The third kappa shape index (κ3) is 3.94. The van der Waals surface area contributed by atoms with Crippen molar-refractivity contribution < 1.29 is 9.72 Å². The predicted octanol–water partition coefficient (Wildman–Crippen LogP) is 2.35. The molecule has 0 aliphatic rings. The van der Waals surface area contributed by atoms with Crippen molar-refractivity contribution in [2.45, 2.75) is 19.8 Å². The third-order valence-corrected chi connectivity index (χ3v) is 3.21. The standard InChI is InChI=1S/C15H17N5O3/c1-9(2)13-8-14(18-17-13)15(21)19-16-10(3)11-4-6-12(7-5-11)20(22)23/h4-9,16H,3H2,1-2H3,(H,17,18)(H,19,21). The van der Waals surface area contributed by atoms with Gasteiger partial charge in [-0.1, -0.05) is 20.4 Å². The lowest BCUT2D eigenvalue weighted by Crippen LogP contribution is -2.36. The molecule has 0 aliphatic heterocycles. The van der Waals surface area contributed by atoms with Crippen LogP contribution >= 0.6 is 0 Å². The van der Waals surface area contributed by atoms with E-state index in [0.717, 1.165) is 5.69 Å². The Morgan fingerprint density at radius 1 is 1.30 bits per heavy atom. The molecule has 120 valence electrons. The number of hydrogen-bond donors (Lipinski definition) is 3. The summed E-state index contributed by atoms with van der Waals surface area (Å²) in [5, 5.41) is 17.3. The van der Waals surface area contributed by atoms with Crippen LogP contribution in [0.1, 0.15) is 41.5 Å². The number of carbonyl (C=O) groups is 1. The molecule has 1 amide bonds. The molecule has 1 aromatic carbocycles. The summed E-state index contributed by atoms with van der Waals surface area (Å²) in [6.07, 6.45) is 0. The van der Waals surface area contributed by atoms with Crippen molar-refractivity contribution in [3.63, 3.8) is 0 Å². The molecule has 0 bridgehead atoms. The Bertz CT molecular complexity index is 734. The van der Waals surface area contributed by atoms with Crippen LogP contribution in [0.5, 0.6) is 0 Å². The number of aromatic amines is 1. The number of aromatic nitrogens is 2. The first-order chi connectivity index (χ1) is 10.9. The van der Waals surface area contributed by atoms with E-state index in [-0.39, 0.29) is 17.3 Å². The maximum absolute atomic E-state index is 12.0. The van der Waals surface area contributed by atoms with Gasteiger partial charge in [-0.05, 0) is 29.7 Å². The van der Waals surface area contributed by atoms with Gasteiger partial charge >= 0.3 is 0 Å². The summed E-state index contributed by atoms with van der Waals surface area (Å²) in [7, 11) is 0. The van der Waals surface area contributed by atoms with E-state index in [4.69, 9.17) is 0 Å². The highest BCUT2D eigenvalue weighted by atomic mass is 16.6. The van der Waals surface area contributed by atoms with Gasteiger partial charge in [0.1, 0.15) is 0 Å². The first-order valence-corrected chi connectivity index (χ1v) is 6.94. The number of hydrogen-bond acceptors (Lipinski definition) is 5. The molecule has 3 N–H and O–H groups in total. The summed E-state index contributed by atoms with van der Waals surface area (Å²) in [5.41, 5.74) is 7.30. The van der Waals surface area contributed by atoms with Crippen LogP contribution in [0.15, 0.2) is 36.9 Å². The molecule has 8 nitrogen and oxygen atoms in total. The van der Waals surface area contributed by atoms with E-state index in [1.54, 1.807) is 18.2 Å². The molecule has 1 aromatic heterocycles. The van der Waals surface area contributed by atoms with Crippen molar-refractivity contribution in [3.8, 4) is 0 Å². The van der Waals surface area contributed by atoms with E-state index < -0.39 is 10.8 Å². The molecule has 8 heteroatoms. The molecule has 23 heavy (non-hydrogen) atoms. The maximum atomic E-state index is 12.0. The highest BCUT2D eigenvalue weighted by Crippen LogP contribution is 2.15. The van der Waals surface area contributed by atoms with E-state index in [2.05, 4.69) is 27.6 Å². The number of non-ortho nitro benzene ring substituents is 1. The van der Waals surface area contributed by atoms with Gasteiger partial charge in [-0.3, -0.25) is 30.9 Å². The van der Waals surface area contributed by atoms with E-state index in [1.807, 2.05) is 13.8 Å². The van der Waals surface area contributed by atoms with Crippen LogP contribution < -0.4 is 10.9 Å². The predicted molar refractivity (Wildman–Crippen MR) is 85.4 cm³/mol. The van der Waals surface area contributed by atoms with Gasteiger partial charge in [0.15, 0.2) is 5.69 Å². The smallest absolute Gasteiger partial charge is 0.290 e. The van der Waals surface area contributed by atoms with Crippen molar-refractivity contribution in [1.82, 2.24) is 21.0 Å². The lowest BCUT2D eigenvalue weighted by Gasteiger charge is -2.10. The minimum absolute atomic E-state index is 0.0108. The number of nitrogens with one attached hydrogen (secondary N) is 3. The number of amides is 1. The molecule has 0 fully saturated rings. The van der Waals surface area contributed by atoms with Gasteiger partial charge in [0.05, 0.1) is 10.6 Å². The third-order valence-electron chi connectivity index (χ3n) is 3.21. The zero-order valence-corrected chi connectivity index (χ0v) is 12.8. The second-order valence-corrected chi connectivity index (χ2v) is 5.22.